The summed E-state index contributed by atoms with van der Waals surface area (Å²) in [7, 11) is -3.72. The van der Waals surface area contributed by atoms with Crippen LogP contribution in [0.4, 0.5) is 0 Å². The van der Waals surface area contributed by atoms with Crippen LogP contribution in [0.25, 0.3) is 0 Å². The summed E-state index contributed by atoms with van der Waals surface area (Å²) in [4.78, 5) is 14.9. The standard InChI is InChI=1S/C18H20N2O4S2/c21-18(19-7-9-24-10-8-19)16-12-14-4-1-2-5-15(14)13-20(16)26(22,23)17-6-3-11-25-17/h1-6,11,16H,7-10,12-13H2/t16-/m0/s1. The van der Waals surface area contributed by atoms with E-state index < -0.39 is 16.1 Å². The molecule has 2 aliphatic rings. The van der Waals surface area contributed by atoms with E-state index >= 15 is 0 Å². The molecular weight excluding hydrogens is 372 g/mol. The van der Waals surface area contributed by atoms with E-state index in [4.69, 9.17) is 4.74 Å². The lowest BCUT2D eigenvalue weighted by atomic mass is 9.95. The Kier molecular flexibility index (Phi) is 4.83. The quantitative estimate of drug-likeness (QED) is 0.798. The molecule has 1 amide bonds. The molecule has 4 rings (SSSR count). The van der Waals surface area contributed by atoms with Crippen molar-refractivity contribution < 1.29 is 17.9 Å². The zero-order valence-electron chi connectivity index (χ0n) is 14.2. The van der Waals surface area contributed by atoms with Crippen LogP contribution in [0, 0.1) is 0 Å². The van der Waals surface area contributed by atoms with Crippen LogP contribution in [-0.4, -0.2) is 55.9 Å². The Bertz CT molecular complexity index is 890. The second-order valence-corrected chi connectivity index (χ2v) is 9.47. The van der Waals surface area contributed by atoms with Gasteiger partial charge < -0.3 is 9.64 Å². The van der Waals surface area contributed by atoms with Gasteiger partial charge in [-0.3, -0.25) is 4.79 Å². The van der Waals surface area contributed by atoms with Crippen molar-refractivity contribution in [2.75, 3.05) is 26.3 Å². The number of benzene rings is 1. The minimum absolute atomic E-state index is 0.136. The molecule has 138 valence electrons. The first-order chi connectivity index (χ1) is 12.6. The molecule has 0 unspecified atom stereocenters. The summed E-state index contributed by atoms with van der Waals surface area (Å²) in [6.45, 7) is 2.21. The molecule has 0 aliphatic carbocycles. The maximum absolute atomic E-state index is 13.2. The number of fused-ring (bicyclic) bond motifs is 1. The largest absolute Gasteiger partial charge is 0.378 e. The van der Waals surface area contributed by atoms with Gasteiger partial charge in [0, 0.05) is 19.6 Å². The van der Waals surface area contributed by atoms with Crippen LogP contribution in [0.15, 0.2) is 46.0 Å². The minimum atomic E-state index is -3.72. The summed E-state index contributed by atoms with van der Waals surface area (Å²) in [5, 5.41) is 1.74. The summed E-state index contributed by atoms with van der Waals surface area (Å²) >= 11 is 1.18. The van der Waals surface area contributed by atoms with Crippen molar-refractivity contribution in [1.29, 1.82) is 0 Å². The van der Waals surface area contributed by atoms with E-state index in [9.17, 15) is 13.2 Å². The molecule has 1 fully saturated rings. The average Bonchev–Trinajstić information content (AvgIpc) is 3.23. The Morgan fingerprint density at radius 2 is 1.81 bits per heavy atom. The molecule has 0 radical (unpaired) electrons. The molecule has 2 aromatic rings. The van der Waals surface area contributed by atoms with Crippen molar-refractivity contribution in [3.05, 3.63) is 52.9 Å². The van der Waals surface area contributed by atoms with Gasteiger partial charge in [-0.05, 0) is 29.0 Å². The highest BCUT2D eigenvalue weighted by atomic mass is 32.2. The van der Waals surface area contributed by atoms with E-state index in [0.717, 1.165) is 11.1 Å². The fourth-order valence-electron chi connectivity index (χ4n) is 3.48. The van der Waals surface area contributed by atoms with Crippen molar-refractivity contribution >= 4 is 27.3 Å². The number of ether oxygens (including phenoxy) is 1. The number of thiophene rings is 1. The van der Waals surface area contributed by atoms with Crippen LogP contribution in [0.2, 0.25) is 0 Å². The smallest absolute Gasteiger partial charge is 0.253 e. The molecule has 0 bridgehead atoms. The molecule has 0 N–H and O–H groups in total. The Hall–Kier alpha value is -1.74. The molecule has 6 nitrogen and oxygen atoms in total. The summed E-state index contributed by atoms with van der Waals surface area (Å²) in [5.41, 5.74) is 2.00. The lowest BCUT2D eigenvalue weighted by Gasteiger charge is -2.38. The zero-order chi connectivity index (χ0) is 18.1. The van der Waals surface area contributed by atoms with Crippen molar-refractivity contribution in [3.8, 4) is 0 Å². The second kappa shape index (κ2) is 7.11. The molecule has 1 aromatic heterocycles. The van der Waals surface area contributed by atoms with Crippen LogP contribution >= 0.6 is 11.3 Å². The van der Waals surface area contributed by atoms with Gasteiger partial charge in [-0.1, -0.05) is 30.3 Å². The normalized spacial score (nSPS) is 21.4. The van der Waals surface area contributed by atoms with E-state index in [1.165, 1.54) is 15.6 Å². The van der Waals surface area contributed by atoms with E-state index in [0.29, 0.717) is 32.7 Å². The molecular formula is C18H20N2O4S2. The summed E-state index contributed by atoms with van der Waals surface area (Å²) in [6, 6.07) is 10.3. The number of hydrogen-bond acceptors (Lipinski definition) is 5. The van der Waals surface area contributed by atoms with E-state index in [1.54, 1.807) is 22.4 Å². The first kappa shape index (κ1) is 17.7. The summed E-state index contributed by atoms with van der Waals surface area (Å²) in [6.07, 6.45) is 0.400. The topological polar surface area (TPSA) is 66.9 Å². The molecule has 1 aromatic carbocycles. The lowest BCUT2D eigenvalue weighted by molar-refractivity contribution is -0.139. The van der Waals surface area contributed by atoms with Gasteiger partial charge in [0.2, 0.25) is 5.91 Å². The predicted octanol–water partition coefficient (Wildman–Crippen LogP) is 1.72. The van der Waals surface area contributed by atoms with Crippen LogP contribution in [-0.2, 0) is 32.5 Å². The Balaban J connectivity index is 1.72. The highest BCUT2D eigenvalue weighted by Crippen LogP contribution is 2.31. The first-order valence-electron chi connectivity index (χ1n) is 8.56. The fourth-order valence-corrected chi connectivity index (χ4v) is 6.16. The van der Waals surface area contributed by atoms with Crippen LogP contribution < -0.4 is 0 Å². The van der Waals surface area contributed by atoms with Crippen LogP contribution in [0.5, 0.6) is 0 Å². The predicted molar refractivity (Wildman–Crippen MR) is 98.4 cm³/mol. The maximum atomic E-state index is 13.2. The third kappa shape index (κ3) is 3.18. The molecule has 1 saturated heterocycles. The Morgan fingerprint density at radius 1 is 1.08 bits per heavy atom. The van der Waals surface area contributed by atoms with Gasteiger partial charge in [-0.15, -0.1) is 11.3 Å². The zero-order valence-corrected chi connectivity index (χ0v) is 15.8. The highest BCUT2D eigenvalue weighted by molar-refractivity contribution is 7.91. The van der Waals surface area contributed by atoms with Crippen LogP contribution in [0.1, 0.15) is 11.1 Å². The number of hydrogen-bond donors (Lipinski definition) is 0. The maximum Gasteiger partial charge on any atom is 0.253 e. The number of carbonyl (C=O) groups excluding carboxylic acids is 1. The molecule has 3 heterocycles. The average molecular weight is 393 g/mol. The fraction of sp³-hybridized carbons (Fsp3) is 0.389. The third-order valence-electron chi connectivity index (χ3n) is 4.87. The molecule has 1 atom stereocenters. The van der Waals surface area contributed by atoms with Crippen molar-refractivity contribution in [1.82, 2.24) is 9.21 Å². The number of rotatable bonds is 3. The van der Waals surface area contributed by atoms with E-state index in [-0.39, 0.29) is 16.7 Å². The number of carbonyl (C=O) groups is 1. The molecule has 0 saturated carbocycles. The van der Waals surface area contributed by atoms with Gasteiger partial charge >= 0.3 is 0 Å². The molecule has 0 spiro atoms. The highest BCUT2D eigenvalue weighted by Gasteiger charge is 2.41. The molecule has 2 aliphatic heterocycles. The third-order valence-corrected chi connectivity index (χ3v) is 8.10. The van der Waals surface area contributed by atoms with E-state index in [1.807, 2.05) is 24.3 Å². The van der Waals surface area contributed by atoms with Crippen molar-refractivity contribution in [2.24, 2.45) is 0 Å². The number of amides is 1. The summed E-state index contributed by atoms with van der Waals surface area (Å²) < 4.78 is 33.4. The van der Waals surface area contributed by atoms with Gasteiger partial charge in [0.05, 0.1) is 13.2 Å². The summed E-state index contributed by atoms with van der Waals surface area (Å²) in [5.74, 6) is -0.136. The number of morpholine rings is 1. The second-order valence-electron chi connectivity index (χ2n) is 6.41. The molecule has 8 heteroatoms. The van der Waals surface area contributed by atoms with Gasteiger partial charge in [-0.2, -0.15) is 4.31 Å². The lowest BCUT2D eigenvalue weighted by Crippen LogP contribution is -2.55. The SMILES string of the molecule is O=C([C@@H]1Cc2ccccc2CN1S(=O)(=O)c1cccs1)N1CCOCC1. The van der Waals surface area contributed by atoms with Gasteiger partial charge in [0.15, 0.2) is 0 Å². The van der Waals surface area contributed by atoms with Gasteiger partial charge in [0.25, 0.3) is 10.0 Å². The van der Waals surface area contributed by atoms with Gasteiger partial charge in [0.1, 0.15) is 10.3 Å². The molecule has 26 heavy (non-hydrogen) atoms. The van der Waals surface area contributed by atoms with Crippen molar-refractivity contribution in [2.45, 2.75) is 23.2 Å². The number of nitrogens with zero attached hydrogens (tertiary/aromatic N) is 2. The minimum Gasteiger partial charge on any atom is -0.378 e. The monoisotopic (exact) mass is 392 g/mol. The van der Waals surface area contributed by atoms with Crippen LogP contribution in [0.3, 0.4) is 0 Å². The number of sulfonamides is 1. The Morgan fingerprint density at radius 3 is 2.50 bits per heavy atom. The Labute approximate surface area is 157 Å². The van der Waals surface area contributed by atoms with Gasteiger partial charge in [-0.25, -0.2) is 8.42 Å². The van der Waals surface area contributed by atoms with E-state index in [2.05, 4.69) is 0 Å². The van der Waals surface area contributed by atoms with Crippen molar-refractivity contribution in [3.63, 3.8) is 0 Å². The first-order valence-corrected chi connectivity index (χ1v) is 10.9.